The molecule has 1 aromatic carbocycles. The highest BCUT2D eigenvalue weighted by molar-refractivity contribution is 6.07. The van der Waals surface area contributed by atoms with E-state index in [-0.39, 0.29) is 5.91 Å². The number of carbonyl (C=O) groups is 1. The molecule has 0 spiro atoms. The Morgan fingerprint density at radius 2 is 2.14 bits per heavy atom. The van der Waals surface area contributed by atoms with E-state index in [0.29, 0.717) is 30.1 Å². The number of amides is 1. The Hall–Kier alpha value is -2.34. The number of nitrogens with zero attached hydrogens (tertiary/aromatic N) is 2. The number of nitrogens with two attached hydrogens (primary N) is 1. The van der Waals surface area contributed by atoms with Crippen molar-refractivity contribution in [1.29, 1.82) is 0 Å². The average molecular weight is 288 g/mol. The molecule has 21 heavy (non-hydrogen) atoms. The third-order valence-electron chi connectivity index (χ3n) is 3.28. The molecule has 0 aliphatic carbocycles. The number of benzene rings is 1. The van der Waals surface area contributed by atoms with Gasteiger partial charge in [0.2, 0.25) is 0 Å². The summed E-state index contributed by atoms with van der Waals surface area (Å²) in [5, 5.41) is 7.13. The molecule has 0 aliphatic rings. The number of nitrogen functional groups attached to an aromatic ring is 1. The predicted octanol–water partition coefficient (Wildman–Crippen LogP) is 1.96. The lowest BCUT2D eigenvalue weighted by Crippen LogP contribution is -2.18. The van der Waals surface area contributed by atoms with Gasteiger partial charge in [0.1, 0.15) is 5.69 Å². The van der Waals surface area contributed by atoms with E-state index in [1.54, 1.807) is 14.2 Å². The highest BCUT2D eigenvalue weighted by Gasteiger charge is 2.19. The summed E-state index contributed by atoms with van der Waals surface area (Å²) in [6.07, 6.45) is 0.688. The van der Waals surface area contributed by atoms with Gasteiger partial charge in [-0.2, -0.15) is 5.10 Å². The first-order valence-corrected chi connectivity index (χ1v) is 6.78. The molecule has 0 fully saturated rings. The zero-order chi connectivity index (χ0) is 15.4. The van der Waals surface area contributed by atoms with Crippen LogP contribution in [-0.2, 0) is 24.8 Å². The third kappa shape index (κ3) is 3.05. The Morgan fingerprint density at radius 1 is 1.43 bits per heavy atom. The first kappa shape index (κ1) is 15.1. The summed E-state index contributed by atoms with van der Waals surface area (Å²) in [5.74, 6) is -0.272. The maximum Gasteiger partial charge on any atom is 0.276 e. The van der Waals surface area contributed by atoms with Crippen LogP contribution in [0, 0.1) is 0 Å². The number of anilines is 2. The fourth-order valence-electron chi connectivity index (χ4n) is 2.23. The third-order valence-corrected chi connectivity index (χ3v) is 3.28. The summed E-state index contributed by atoms with van der Waals surface area (Å²) in [5.41, 5.74) is 9.15. The molecule has 0 saturated heterocycles. The van der Waals surface area contributed by atoms with Crippen molar-refractivity contribution in [3.8, 4) is 0 Å². The van der Waals surface area contributed by atoms with Crippen molar-refractivity contribution >= 4 is 17.3 Å². The van der Waals surface area contributed by atoms with Crippen LogP contribution in [0.2, 0.25) is 0 Å². The predicted molar refractivity (Wildman–Crippen MR) is 82.1 cm³/mol. The summed E-state index contributed by atoms with van der Waals surface area (Å²) in [6, 6.07) is 7.50. The number of para-hydroxylation sites is 1. The minimum absolute atomic E-state index is 0.272. The van der Waals surface area contributed by atoms with Crippen LogP contribution in [0.25, 0.3) is 0 Å². The molecule has 2 aromatic rings. The molecule has 112 valence electrons. The molecule has 0 radical (unpaired) electrons. The molecule has 6 nitrogen and oxygen atoms in total. The van der Waals surface area contributed by atoms with Gasteiger partial charge in [0.25, 0.3) is 5.91 Å². The average Bonchev–Trinajstić information content (AvgIpc) is 2.75. The van der Waals surface area contributed by atoms with E-state index in [0.717, 1.165) is 11.3 Å². The molecular weight excluding hydrogens is 268 g/mol. The summed E-state index contributed by atoms with van der Waals surface area (Å²) >= 11 is 0. The lowest BCUT2D eigenvalue weighted by molar-refractivity contribution is 0.101. The number of hydrogen-bond donors (Lipinski definition) is 2. The molecule has 3 N–H and O–H groups in total. The summed E-state index contributed by atoms with van der Waals surface area (Å²) in [6.45, 7) is 2.38. The van der Waals surface area contributed by atoms with Crippen molar-refractivity contribution in [3.63, 3.8) is 0 Å². The first-order valence-electron chi connectivity index (χ1n) is 6.78. The normalized spacial score (nSPS) is 10.6. The molecule has 0 bridgehead atoms. The van der Waals surface area contributed by atoms with E-state index < -0.39 is 0 Å². The smallest absolute Gasteiger partial charge is 0.276 e. The van der Waals surface area contributed by atoms with E-state index in [4.69, 9.17) is 10.5 Å². The number of carbonyl (C=O) groups excluding carboxylic acids is 1. The maximum absolute atomic E-state index is 12.4. The van der Waals surface area contributed by atoms with Crippen LogP contribution < -0.4 is 11.1 Å². The van der Waals surface area contributed by atoms with Gasteiger partial charge in [-0.25, -0.2) is 0 Å². The van der Waals surface area contributed by atoms with E-state index in [1.165, 1.54) is 4.68 Å². The first-order chi connectivity index (χ1) is 10.1. The van der Waals surface area contributed by atoms with Crippen molar-refractivity contribution in [2.45, 2.75) is 20.0 Å². The molecule has 1 aromatic heterocycles. The lowest BCUT2D eigenvalue weighted by Gasteiger charge is -2.11. The minimum atomic E-state index is -0.272. The summed E-state index contributed by atoms with van der Waals surface area (Å²) < 4.78 is 6.65. The number of ether oxygens (including phenoxy) is 1. The number of nitrogens with one attached hydrogen (secondary N) is 1. The topological polar surface area (TPSA) is 82.2 Å². The zero-order valence-corrected chi connectivity index (χ0v) is 12.5. The Bertz CT molecular complexity index is 649. The van der Waals surface area contributed by atoms with E-state index >= 15 is 0 Å². The van der Waals surface area contributed by atoms with Gasteiger partial charge in [-0.05, 0) is 12.5 Å². The molecule has 0 saturated carbocycles. The molecule has 1 amide bonds. The van der Waals surface area contributed by atoms with Gasteiger partial charge in [0.15, 0.2) is 0 Å². The minimum Gasteiger partial charge on any atom is -0.395 e. The number of hydrogen-bond acceptors (Lipinski definition) is 4. The van der Waals surface area contributed by atoms with Gasteiger partial charge in [0, 0.05) is 25.4 Å². The number of aromatic nitrogens is 2. The number of methoxy groups -OCH3 is 1. The largest absolute Gasteiger partial charge is 0.395 e. The van der Waals surface area contributed by atoms with Crippen molar-refractivity contribution in [2.75, 3.05) is 18.2 Å². The van der Waals surface area contributed by atoms with Gasteiger partial charge in [0.05, 0.1) is 18.0 Å². The van der Waals surface area contributed by atoms with Gasteiger partial charge in [-0.3, -0.25) is 9.48 Å². The van der Waals surface area contributed by atoms with Crippen molar-refractivity contribution < 1.29 is 9.53 Å². The Morgan fingerprint density at radius 3 is 2.76 bits per heavy atom. The highest BCUT2D eigenvalue weighted by atomic mass is 16.5. The van der Waals surface area contributed by atoms with Crippen LogP contribution in [0.5, 0.6) is 0 Å². The second-order valence-electron chi connectivity index (χ2n) is 4.73. The number of rotatable bonds is 5. The molecule has 0 aliphatic heterocycles. The molecule has 0 atom stereocenters. The fourth-order valence-corrected chi connectivity index (χ4v) is 2.23. The van der Waals surface area contributed by atoms with Crippen LogP contribution in [-0.4, -0.2) is 22.8 Å². The zero-order valence-electron chi connectivity index (χ0n) is 12.5. The lowest BCUT2D eigenvalue weighted by atomic mass is 10.1. The Balaban J connectivity index is 2.29. The Kier molecular flexibility index (Phi) is 4.59. The van der Waals surface area contributed by atoms with Crippen LogP contribution in [0.3, 0.4) is 0 Å². The van der Waals surface area contributed by atoms with E-state index in [2.05, 4.69) is 10.4 Å². The summed E-state index contributed by atoms with van der Waals surface area (Å²) in [7, 11) is 3.33. The van der Waals surface area contributed by atoms with Gasteiger partial charge in [-0.15, -0.1) is 0 Å². The van der Waals surface area contributed by atoms with Gasteiger partial charge >= 0.3 is 0 Å². The fraction of sp³-hybridized carbons (Fsp3) is 0.333. The monoisotopic (exact) mass is 288 g/mol. The van der Waals surface area contributed by atoms with Crippen LogP contribution in [0.4, 0.5) is 11.4 Å². The number of aryl methyl sites for hydroxylation is 2. The highest BCUT2D eigenvalue weighted by Crippen LogP contribution is 2.21. The van der Waals surface area contributed by atoms with Crippen molar-refractivity contribution in [1.82, 2.24) is 9.78 Å². The van der Waals surface area contributed by atoms with Gasteiger partial charge < -0.3 is 15.8 Å². The van der Waals surface area contributed by atoms with Crippen molar-refractivity contribution in [3.05, 3.63) is 41.2 Å². The SMILES string of the molecule is CCc1nn(C)c(C(=O)Nc2ccccc2COC)c1N. The van der Waals surface area contributed by atoms with E-state index in [9.17, 15) is 4.79 Å². The van der Waals surface area contributed by atoms with Crippen molar-refractivity contribution in [2.24, 2.45) is 7.05 Å². The van der Waals surface area contributed by atoms with Gasteiger partial charge in [-0.1, -0.05) is 25.1 Å². The van der Waals surface area contributed by atoms with Crippen LogP contribution in [0.15, 0.2) is 24.3 Å². The van der Waals surface area contributed by atoms with E-state index in [1.807, 2.05) is 31.2 Å². The second-order valence-corrected chi connectivity index (χ2v) is 4.73. The summed E-state index contributed by atoms with van der Waals surface area (Å²) in [4.78, 5) is 12.4. The quantitative estimate of drug-likeness (QED) is 0.881. The Labute approximate surface area is 123 Å². The standard InChI is InChI=1S/C15H20N4O2/c1-4-11-13(16)14(19(2)18-11)15(20)17-12-8-6-5-7-10(12)9-21-3/h5-8H,4,9,16H2,1-3H3,(H,17,20). The molecule has 1 heterocycles. The van der Waals surface area contributed by atoms with Crippen LogP contribution >= 0.6 is 0 Å². The molecule has 2 rings (SSSR count). The molecule has 6 heteroatoms. The maximum atomic E-state index is 12.4. The second kappa shape index (κ2) is 6.41. The van der Waals surface area contributed by atoms with Crippen LogP contribution in [0.1, 0.15) is 28.7 Å². The molecular formula is C15H20N4O2. The molecule has 0 unspecified atom stereocenters.